The molecule has 88 valence electrons. The SMILES string of the molecule is O=C(O)c1cccc2cc3c(Cl)cccc3nc12. The lowest BCUT2D eigenvalue weighted by molar-refractivity contribution is 0.0699. The number of nitrogens with zero attached hydrogens (tertiary/aromatic N) is 1. The van der Waals surface area contributed by atoms with E-state index in [4.69, 9.17) is 16.7 Å². The number of aromatic carboxylic acids is 1. The van der Waals surface area contributed by atoms with Gasteiger partial charge in [-0.15, -0.1) is 0 Å². The number of hydrogen-bond donors (Lipinski definition) is 1. The van der Waals surface area contributed by atoms with Gasteiger partial charge in [0.1, 0.15) is 0 Å². The molecular formula is C14H8ClNO2. The molecule has 0 spiro atoms. The number of halogens is 1. The van der Waals surface area contributed by atoms with Crippen LogP contribution in [0.2, 0.25) is 5.02 Å². The van der Waals surface area contributed by atoms with Crippen molar-refractivity contribution in [2.75, 3.05) is 0 Å². The van der Waals surface area contributed by atoms with Crippen LogP contribution in [0.4, 0.5) is 0 Å². The van der Waals surface area contributed by atoms with Gasteiger partial charge in [0, 0.05) is 15.8 Å². The lowest BCUT2D eigenvalue weighted by atomic mass is 10.1. The number of pyridine rings is 1. The summed E-state index contributed by atoms with van der Waals surface area (Å²) in [4.78, 5) is 15.5. The van der Waals surface area contributed by atoms with Crippen LogP contribution in [0.25, 0.3) is 21.8 Å². The van der Waals surface area contributed by atoms with Crippen molar-refractivity contribution in [2.45, 2.75) is 0 Å². The van der Waals surface area contributed by atoms with E-state index < -0.39 is 5.97 Å². The number of hydrogen-bond acceptors (Lipinski definition) is 2. The second-order valence-electron chi connectivity index (χ2n) is 3.98. The Balaban J connectivity index is 2.49. The first-order valence-electron chi connectivity index (χ1n) is 5.38. The van der Waals surface area contributed by atoms with Crippen LogP contribution >= 0.6 is 11.6 Å². The Morgan fingerprint density at radius 1 is 1.17 bits per heavy atom. The van der Waals surface area contributed by atoms with E-state index in [-0.39, 0.29) is 5.56 Å². The predicted octanol–water partition coefficient (Wildman–Crippen LogP) is 3.74. The third-order valence-electron chi connectivity index (χ3n) is 2.86. The number of para-hydroxylation sites is 1. The topological polar surface area (TPSA) is 50.2 Å². The van der Waals surface area contributed by atoms with Crippen LogP contribution in [0.3, 0.4) is 0 Å². The van der Waals surface area contributed by atoms with Crippen LogP contribution in [-0.2, 0) is 0 Å². The van der Waals surface area contributed by atoms with Gasteiger partial charge in [-0.1, -0.05) is 29.8 Å². The molecule has 0 bridgehead atoms. The molecule has 1 aromatic heterocycles. The average molecular weight is 258 g/mol. The summed E-state index contributed by atoms with van der Waals surface area (Å²) in [6.45, 7) is 0. The number of fused-ring (bicyclic) bond motifs is 2. The van der Waals surface area contributed by atoms with Gasteiger partial charge in [0.15, 0.2) is 0 Å². The zero-order valence-corrected chi connectivity index (χ0v) is 9.98. The molecule has 1 heterocycles. The van der Waals surface area contributed by atoms with Crippen LogP contribution in [0, 0.1) is 0 Å². The lowest BCUT2D eigenvalue weighted by Gasteiger charge is -2.05. The number of carboxylic acid groups (broad SMARTS) is 1. The van der Waals surface area contributed by atoms with Crippen molar-refractivity contribution in [3.63, 3.8) is 0 Å². The molecule has 2 aromatic carbocycles. The third-order valence-corrected chi connectivity index (χ3v) is 3.19. The summed E-state index contributed by atoms with van der Waals surface area (Å²) in [5.74, 6) is -0.977. The molecule has 1 N–H and O–H groups in total. The van der Waals surface area contributed by atoms with E-state index in [0.29, 0.717) is 16.1 Å². The quantitative estimate of drug-likeness (QED) is 0.676. The fourth-order valence-electron chi connectivity index (χ4n) is 2.02. The molecule has 3 nitrogen and oxygen atoms in total. The van der Waals surface area contributed by atoms with E-state index >= 15 is 0 Å². The smallest absolute Gasteiger partial charge is 0.337 e. The molecular weight excluding hydrogens is 250 g/mol. The highest BCUT2D eigenvalue weighted by Gasteiger charge is 2.11. The number of rotatable bonds is 1. The molecule has 0 saturated carbocycles. The van der Waals surface area contributed by atoms with Gasteiger partial charge < -0.3 is 5.11 Å². The first-order chi connectivity index (χ1) is 8.66. The molecule has 4 heteroatoms. The van der Waals surface area contributed by atoms with Crippen LogP contribution in [0.5, 0.6) is 0 Å². The zero-order chi connectivity index (χ0) is 12.7. The minimum atomic E-state index is -0.977. The number of benzene rings is 2. The second kappa shape index (κ2) is 3.96. The van der Waals surface area contributed by atoms with Crippen molar-refractivity contribution in [1.29, 1.82) is 0 Å². The van der Waals surface area contributed by atoms with E-state index in [0.717, 1.165) is 10.8 Å². The largest absolute Gasteiger partial charge is 0.478 e. The summed E-state index contributed by atoms with van der Waals surface area (Å²) in [7, 11) is 0. The molecule has 0 amide bonds. The number of carbonyl (C=O) groups is 1. The second-order valence-corrected chi connectivity index (χ2v) is 4.38. The van der Waals surface area contributed by atoms with Gasteiger partial charge in [-0.2, -0.15) is 0 Å². The highest BCUT2D eigenvalue weighted by molar-refractivity contribution is 6.35. The maximum Gasteiger partial charge on any atom is 0.337 e. The summed E-state index contributed by atoms with van der Waals surface area (Å²) >= 11 is 6.10. The van der Waals surface area contributed by atoms with Crippen LogP contribution < -0.4 is 0 Å². The van der Waals surface area contributed by atoms with Crippen LogP contribution in [0.1, 0.15) is 10.4 Å². The number of aromatic nitrogens is 1. The summed E-state index contributed by atoms with van der Waals surface area (Å²) in [6.07, 6.45) is 0. The maximum absolute atomic E-state index is 11.2. The Hall–Kier alpha value is -2.13. The highest BCUT2D eigenvalue weighted by atomic mass is 35.5. The summed E-state index contributed by atoms with van der Waals surface area (Å²) in [5.41, 5.74) is 1.39. The van der Waals surface area contributed by atoms with E-state index in [1.54, 1.807) is 24.3 Å². The maximum atomic E-state index is 11.2. The highest BCUT2D eigenvalue weighted by Crippen LogP contribution is 2.27. The predicted molar refractivity (Wildman–Crippen MR) is 71.2 cm³/mol. The Labute approximate surface area is 108 Å². The minimum Gasteiger partial charge on any atom is -0.478 e. The summed E-state index contributed by atoms with van der Waals surface area (Å²) in [5, 5.41) is 11.4. The molecule has 0 radical (unpaired) electrons. The van der Waals surface area contributed by atoms with E-state index in [9.17, 15) is 4.79 Å². The molecule has 3 rings (SSSR count). The fraction of sp³-hybridized carbons (Fsp3) is 0. The van der Waals surface area contributed by atoms with Gasteiger partial charge in [-0.3, -0.25) is 0 Å². The van der Waals surface area contributed by atoms with Crippen molar-refractivity contribution >= 4 is 39.4 Å². The molecule has 0 aliphatic heterocycles. The molecule has 0 saturated heterocycles. The van der Waals surface area contributed by atoms with Crippen molar-refractivity contribution in [2.24, 2.45) is 0 Å². The number of carboxylic acids is 1. The van der Waals surface area contributed by atoms with Gasteiger partial charge in [0.2, 0.25) is 0 Å². The van der Waals surface area contributed by atoms with Gasteiger partial charge in [-0.05, 0) is 24.3 Å². The molecule has 3 aromatic rings. The average Bonchev–Trinajstić information content (AvgIpc) is 2.36. The minimum absolute atomic E-state index is 0.203. The van der Waals surface area contributed by atoms with Gasteiger partial charge in [-0.25, -0.2) is 9.78 Å². The first kappa shape index (κ1) is 11.0. The van der Waals surface area contributed by atoms with E-state index in [2.05, 4.69) is 4.98 Å². The Bertz CT molecular complexity index is 783. The Morgan fingerprint density at radius 3 is 2.72 bits per heavy atom. The first-order valence-corrected chi connectivity index (χ1v) is 5.76. The fourth-order valence-corrected chi connectivity index (χ4v) is 2.24. The standard InChI is InChI=1S/C14H8ClNO2/c15-11-5-2-6-12-10(11)7-8-3-1-4-9(14(17)18)13(8)16-12/h1-7H,(H,17,18). The Kier molecular flexibility index (Phi) is 2.42. The summed E-state index contributed by atoms with van der Waals surface area (Å²) < 4.78 is 0. The lowest BCUT2D eigenvalue weighted by Crippen LogP contribution is -1.98. The van der Waals surface area contributed by atoms with Gasteiger partial charge in [0.05, 0.1) is 16.6 Å². The summed E-state index contributed by atoms with van der Waals surface area (Å²) in [6, 6.07) is 12.4. The van der Waals surface area contributed by atoms with Crippen LogP contribution in [0.15, 0.2) is 42.5 Å². The van der Waals surface area contributed by atoms with Crippen LogP contribution in [-0.4, -0.2) is 16.1 Å². The van der Waals surface area contributed by atoms with E-state index in [1.165, 1.54) is 0 Å². The zero-order valence-electron chi connectivity index (χ0n) is 9.22. The molecule has 0 aliphatic carbocycles. The third kappa shape index (κ3) is 1.60. The van der Waals surface area contributed by atoms with Crippen molar-refractivity contribution < 1.29 is 9.90 Å². The monoisotopic (exact) mass is 257 g/mol. The molecule has 0 aliphatic rings. The van der Waals surface area contributed by atoms with E-state index in [1.807, 2.05) is 18.2 Å². The molecule has 18 heavy (non-hydrogen) atoms. The van der Waals surface area contributed by atoms with Crippen molar-refractivity contribution in [3.05, 3.63) is 53.1 Å². The van der Waals surface area contributed by atoms with Gasteiger partial charge in [0.25, 0.3) is 0 Å². The molecule has 0 unspecified atom stereocenters. The van der Waals surface area contributed by atoms with Crippen molar-refractivity contribution in [3.8, 4) is 0 Å². The van der Waals surface area contributed by atoms with Gasteiger partial charge >= 0.3 is 5.97 Å². The Morgan fingerprint density at radius 2 is 1.94 bits per heavy atom. The van der Waals surface area contributed by atoms with Crippen molar-refractivity contribution in [1.82, 2.24) is 4.98 Å². The molecule has 0 fully saturated rings. The molecule has 0 atom stereocenters. The normalized spacial score (nSPS) is 10.9.